The van der Waals surface area contributed by atoms with Gasteiger partial charge in [0, 0.05) is 16.6 Å². The predicted molar refractivity (Wildman–Crippen MR) is 76.7 cm³/mol. The van der Waals surface area contributed by atoms with E-state index in [-0.39, 0.29) is 5.82 Å². The summed E-state index contributed by atoms with van der Waals surface area (Å²) in [6, 6.07) is 0. The lowest BCUT2D eigenvalue weighted by atomic mass is 10.2. The minimum absolute atomic E-state index is 0.0799. The molecule has 7 heteroatoms. The molecule has 0 N–H and O–H groups in total. The number of nitrogens with zero attached hydrogens (tertiary/aromatic N) is 2. The van der Waals surface area contributed by atoms with Gasteiger partial charge >= 0.3 is 12.1 Å². The zero-order chi connectivity index (χ0) is 15.5. The van der Waals surface area contributed by atoms with Crippen LogP contribution >= 0.6 is 11.8 Å². The largest absolute Gasteiger partial charge is 0.471 e. The predicted octanol–water partition coefficient (Wildman–Crippen LogP) is 4.50. The van der Waals surface area contributed by atoms with E-state index in [2.05, 4.69) is 21.2 Å². The van der Waals surface area contributed by atoms with Gasteiger partial charge in [-0.1, -0.05) is 30.0 Å². The highest BCUT2D eigenvalue weighted by atomic mass is 32.2. The first kappa shape index (κ1) is 15.9. The SMILES string of the molecule is C=C(/C=C\C(=C/C)c1noc(C(F)(F)F)n1)CSC1CC1. The highest BCUT2D eigenvalue weighted by Crippen LogP contribution is 2.35. The Bertz CT molecular complexity index is 571. The summed E-state index contributed by atoms with van der Waals surface area (Å²) in [5.74, 6) is -0.602. The molecule has 0 spiro atoms. The molecular formula is C14H15F3N2OS. The third-order valence-corrected chi connectivity index (χ3v) is 4.25. The molecule has 0 radical (unpaired) electrons. The standard InChI is InChI=1S/C14H15F3N2OS/c1-3-10(5-4-9(2)8-21-11-6-7-11)12-18-13(20-19-12)14(15,16)17/h3-5,11H,2,6-8H2,1H3/b5-4-,10-3+. The fourth-order valence-electron chi connectivity index (χ4n) is 1.47. The average molecular weight is 316 g/mol. The van der Waals surface area contributed by atoms with E-state index in [1.165, 1.54) is 12.8 Å². The van der Waals surface area contributed by atoms with Crippen molar-refractivity contribution in [1.29, 1.82) is 0 Å². The Labute approximate surface area is 125 Å². The number of hydrogen-bond acceptors (Lipinski definition) is 4. The molecule has 1 aliphatic carbocycles. The van der Waals surface area contributed by atoms with Gasteiger partial charge in [0.1, 0.15) is 0 Å². The van der Waals surface area contributed by atoms with E-state index in [0.29, 0.717) is 5.57 Å². The van der Waals surface area contributed by atoms with Crippen molar-refractivity contribution in [3.63, 3.8) is 0 Å². The Hall–Kier alpha value is -1.50. The topological polar surface area (TPSA) is 38.9 Å². The molecule has 21 heavy (non-hydrogen) atoms. The molecule has 1 aromatic heterocycles. The number of thioether (sulfide) groups is 1. The van der Waals surface area contributed by atoms with Crippen molar-refractivity contribution in [3.8, 4) is 0 Å². The van der Waals surface area contributed by atoms with Gasteiger partial charge in [0.05, 0.1) is 0 Å². The number of aromatic nitrogens is 2. The van der Waals surface area contributed by atoms with E-state index in [1.807, 2.05) is 11.8 Å². The molecule has 3 nitrogen and oxygen atoms in total. The number of rotatable bonds is 6. The molecule has 1 aliphatic rings. The summed E-state index contributed by atoms with van der Waals surface area (Å²) >= 11 is 1.84. The van der Waals surface area contributed by atoms with Crippen molar-refractivity contribution >= 4 is 17.3 Å². The molecule has 0 amide bonds. The van der Waals surface area contributed by atoms with E-state index < -0.39 is 12.1 Å². The molecule has 0 aromatic carbocycles. The Kier molecular flexibility index (Phi) is 4.92. The van der Waals surface area contributed by atoms with Crippen molar-refractivity contribution in [2.75, 3.05) is 5.75 Å². The van der Waals surface area contributed by atoms with E-state index in [9.17, 15) is 13.2 Å². The molecule has 2 rings (SSSR count). The van der Waals surface area contributed by atoms with E-state index >= 15 is 0 Å². The second-order valence-corrected chi connectivity index (χ2v) is 5.96. The normalized spacial score (nSPS) is 16.7. The molecule has 1 aromatic rings. The number of hydrogen-bond donors (Lipinski definition) is 0. The molecule has 0 saturated heterocycles. The smallest absolute Gasteiger partial charge is 0.329 e. The monoisotopic (exact) mass is 316 g/mol. The van der Waals surface area contributed by atoms with Crippen molar-refractivity contribution < 1.29 is 17.7 Å². The van der Waals surface area contributed by atoms with Crippen molar-refractivity contribution in [2.45, 2.75) is 31.2 Å². The fourth-order valence-corrected chi connectivity index (χ4v) is 2.49. The molecule has 0 unspecified atom stereocenters. The molecule has 1 fully saturated rings. The lowest BCUT2D eigenvalue weighted by molar-refractivity contribution is -0.159. The van der Waals surface area contributed by atoms with Crippen LogP contribution in [-0.2, 0) is 6.18 Å². The molecule has 1 saturated carbocycles. The third kappa shape index (κ3) is 4.77. The second kappa shape index (κ2) is 6.51. The molecule has 0 aliphatic heterocycles. The van der Waals surface area contributed by atoms with Crippen LogP contribution in [0.1, 0.15) is 31.5 Å². The van der Waals surface area contributed by atoms with Gasteiger partial charge in [-0.25, -0.2) is 0 Å². The molecular weight excluding hydrogens is 301 g/mol. The first-order valence-electron chi connectivity index (χ1n) is 6.45. The Balaban J connectivity index is 1.98. The average Bonchev–Trinajstić information content (AvgIpc) is 3.11. The van der Waals surface area contributed by atoms with E-state index in [1.54, 1.807) is 25.2 Å². The number of halogens is 3. The number of allylic oxidation sites excluding steroid dienone is 4. The summed E-state index contributed by atoms with van der Waals surface area (Å²) in [5, 5.41) is 4.09. The Morgan fingerprint density at radius 2 is 2.14 bits per heavy atom. The summed E-state index contributed by atoms with van der Waals surface area (Å²) in [6.45, 7) is 5.62. The van der Waals surface area contributed by atoms with Crippen LogP contribution in [0.15, 0.2) is 34.9 Å². The maximum atomic E-state index is 12.4. The zero-order valence-corrected chi connectivity index (χ0v) is 12.3. The minimum Gasteiger partial charge on any atom is -0.329 e. The van der Waals surface area contributed by atoms with Crippen molar-refractivity contribution in [1.82, 2.24) is 10.1 Å². The Morgan fingerprint density at radius 1 is 1.43 bits per heavy atom. The van der Waals surface area contributed by atoms with Crippen molar-refractivity contribution in [2.24, 2.45) is 0 Å². The van der Waals surface area contributed by atoms with Crippen LogP contribution in [0.3, 0.4) is 0 Å². The Morgan fingerprint density at radius 3 is 2.67 bits per heavy atom. The maximum absolute atomic E-state index is 12.4. The van der Waals surface area contributed by atoms with Gasteiger partial charge in [0.2, 0.25) is 5.82 Å². The summed E-state index contributed by atoms with van der Waals surface area (Å²) in [4.78, 5) is 3.36. The highest BCUT2D eigenvalue weighted by Gasteiger charge is 2.38. The van der Waals surface area contributed by atoms with Crippen LogP contribution in [0.5, 0.6) is 0 Å². The lowest BCUT2D eigenvalue weighted by Crippen LogP contribution is -2.05. The molecule has 1 heterocycles. The first-order chi connectivity index (χ1) is 9.90. The van der Waals surface area contributed by atoms with Gasteiger partial charge in [-0.05, 0) is 25.3 Å². The maximum Gasteiger partial charge on any atom is 0.471 e. The second-order valence-electron chi connectivity index (χ2n) is 4.67. The van der Waals surface area contributed by atoms with Crippen LogP contribution in [0.4, 0.5) is 13.2 Å². The molecule has 0 bridgehead atoms. The summed E-state index contributed by atoms with van der Waals surface area (Å²) in [7, 11) is 0. The van der Waals surface area contributed by atoms with Gasteiger partial charge in [0.15, 0.2) is 0 Å². The minimum atomic E-state index is -4.63. The third-order valence-electron chi connectivity index (χ3n) is 2.77. The quantitative estimate of drug-likeness (QED) is 0.724. The van der Waals surface area contributed by atoms with Gasteiger partial charge in [-0.15, -0.1) is 0 Å². The molecule has 114 valence electrons. The lowest BCUT2D eigenvalue weighted by Gasteiger charge is -1.99. The summed E-state index contributed by atoms with van der Waals surface area (Å²) in [6.07, 6.45) is 2.94. The van der Waals surface area contributed by atoms with E-state index in [4.69, 9.17) is 0 Å². The zero-order valence-electron chi connectivity index (χ0n) is 11.5. The van der Waals surface area contributed by atoms with Crippen LogP contribution < -0.4 is 0 Å². The van der Waals surface area contributed by atoms with Crippen LogP contribution in [0.25, 0.3) is 5.57 Å². The van der Waals surface area contributed by atoms with Gasteiger partial charge < -0.3 is 4.52 Å². The van der Waals surface area contributed by atoms with Gasteiger partial charge in [-0.2, -0.15) is 29.9 Å². The van der Waals surface area contributed by atoms with E-state index in [0.717, 1.165) is 16.6 Å². The summed E-state index contributed by atoms with van der Waals surface area (Å²) < 4.78 is 41.5. The van der Waals surface area contributed by atoms with Crippen molar-refractivity contribution in [3.05, 3.63) is 42.1 Å². The van der Waals surface area contributed by atoms with Gasteiger partial charge in [0.25, 0.3) is 0 Å². The van der Waals surface area contributed by atoms with Gasteiger partial charge in [-0.3, -0.25) is 0 Å². The summed E-state index contributed by atoms with van der Waals surface area (Å²) in [5.41, 5.74) is 1.37. The van der Waals surface area contributed by atoms with Crippen LogP contribution in [0, 0.1) is 0 Å². The van der Waals surface area contributed by atoms with Crippen LogP contribution in [-0.4, -0.2) is 21.1 Å². The molecule has 0 atom stereocenters. The first-order valence-corrected chi connectivity index (χ1v) is 7.50. The fraction of sp³-hybridized carbons (Fsp3) is 0.429. The number of alkyl halides is 3. The van der Waals surface area contributed by atoms with Crippen LogP contribution in [0.2, 0.25) is 0 Å². The highest BCUT2D eigenvalue weighted by molar-refractivity contribution is 8.00.